The SMILES string of the molecule is CCCNCc1cc(S(=O)(=O)Nc2ccc(=O)[nH]n2)cs1. The highest BCUT2D eigenvalue weighted by Gasteiger charge is 2.17. The van der Waals surface area contributed by atoms with Gasteiger partial charge in [0.15, 0.2) is 5.82 Å². The van der Waals surface area contributed by atoms with Crippen LogP contribution in [0.2, 0.25) is 0 Å². The second kappa shape index (κ2) is 6.83. The molecule has 114 valence electrons. The molecule has 2 heterocycles. The average molecular weight is 328 g/mol. The van der Waals surface area contributed by atoms with Crippen LogP contribution in [0.15, 0.2) is 33.3 Å². The Morgan fingerprint density at radius 3 is 2.86 bits per heavy atom. The highest BCUT2D eigenvalue weighted by molar-refractivity contribution is 7.92. The average Bonchev–Trinajstić information content (AvgIpc) is 2.91. The maximum absolute atomic E-state index is 12.2. The molecule has 0 aromatic carbocycles. The van der Waals surface area contributed by atoms with E-state index in [0.29, 0.717) is 6.54 Å². The molecule has 7 nitrogen and oxygen atoms in total. The molecular weight excluding hydrogens is 312 g/mol. The fourth-order valence-electron chi connectivity index (χ4n) is 1.58. The molecule has 0 aliphatic heterocycles. The number of rotatable bonds is 7. The predicted molar refractivity (Wildman–Crippen MR) is 82.0 cm³/mol. The van der Waals surface area contributed by atoms with Crippen LogP contribution in [0, 0.1) is 0 Å². The van der Waals surface area contributed by atoms with Gasteiger partial charge in [-0.25, -0.2) is 13.5 Å². The lowest BCUT2D eigenvalue weighted by Gasteiger charge is -2.04. The summed E-state index contributed by atoms with van der Waals surface area (Å²) in [6.07, 6.45) is 1.02. The number of nitrogens with one attached hydrogen (secondary N) is 3. The van der Waals surface area contributed by atoms with E-state index in [4.69, 9.17) is 0 Å². The number of nitrogens with zero attached hydrogens (tertiary/aromatic N) is 1. The molecule has 0 radical (unpaired) electrons. The largest absolute Gasteiger partial charge is 0.312 e. The Morgan fingerprint density at radius 2 is 2.19 bits per heavy atom. The van der Waals surface area contributed by atoms with Gasteiger partial charge in [0, 0.05) is 22.9 Å². The summed E-state index contributed by atoms with van der Waals surface area (Å²) in [6.45, 7) is 3.60. The highest BCUT2D eigenvalue weighted by Crippen LogP contribution is 2.21. The van der Waals surface area contributed by atoms with Crippen LogP contribution in [-0.2, 0) is 16.6 Å². The van der Waals surface area contributed by atoms with Gasteiger partial charge in [0.1, 0.15) is 0 Å². The van der Waals surface area contributed by atoms with Crippen molar-refractivity contribution >= 4 is 27.2 Å². The monoisotopic (exact) mass is 328 g/mol. The van der Waals surface area contributed by atoms with Gasteiger partial charge in [0.25, 0.3) is 15.6 Å². The van der Waals surface area contributed by atoms with Gasteiger partial charge in [-0.2, -0.15) is 5.10 Å². The van der Waals surface area contributed by atoms with Gasteiger partial charge in [-0.15, -0.1) is 11.3 Å². The van der Waals surface area contributed by atoms with E-state index in [9.17, 15) is 13.2 Å². The lowest BCUT2D eigenvalue weighted by Crippen LogP contribution is -2.16. The Balaban J connectivity index is 2.08. The number of hydrogen-bond donors (Lipinski definition) is 3. The minimum atomic E-state index is -3.69. The van der Waals surface area contributed by atoms with Crippen molar-refractivity contribution in [3.63, 3.8) is 0 Å². The number of thiophene rings is 1. The Morgan fingerprint density at radius 1 is 1.38 bits per heavy atom. The molecule has 0 saturated heterocycles. The molecule has 0 spiro atoms. The van der Waals surface area contributed by atoms with Crippen molar-refractivity contribution in [2.45, 2.75) is 24.8 Å². The van der Waals surface area contributed by atoms with Crippen molar-refractivity contribution in [1.82, 2.24) is 15.5 Å². The summed E-state index contributed by atoms with van der Waals surface area (Å²) < 4.78 is 26.7. The summed E-state index contributed by atoms with van der Waals surface area (Å²) in [7, 11) is -3.69. The van der Waals surface area contributed by atoms with Crippen molar-refractivity contribution in [3.8, 4) is 0 Å². The van der Waals surface area contributed by atoms with Crippen molar-refractivity contribution in [2.24, 2.45) is 0 Å². The van der Waals surface area contributed by atoms with Crippen molar-refractivity contribution in [1.29, 1.82) is 0 Å². The number of sulfonamides is 1. The number of anilines is 1. The van der Waals surface area contributed by atoms with Crippen LogP contribution in [0.4, 0.5) is 5.82 Å². The van der Waals surface area contributed by atoms with Crippen molar-refractivity contribution in [3.05, 3.63) is 38.8 Å². The fourth-order valence-corrected chi connectivity index (χ4v) is 3.83. The summed E-state index contributed by atoms with van der Waals surface area (Å²) in [5.74, 6) is 0.0754. The molecule has 0 aliphatic rings. The number of hydrogen-bond acceptors (Lipinski definition) is 6. The number of aromatic amines is 1. The van der Waals surface area contributed by atoms with E-state index in [2.05, 4.69) is 27.2 Å². The minimum absolute atomic E-state index is 0.0754. The van der Waals surface area contributed by atoms with Gasteiger partial charge in [-0.3, -0.25) is 9.52 Å². The minimum Gasteiger partial charge on any atom is -0.312 e. The summed E-state index contributed by atoms with van der Waals surface area (Å²) in [4.78, 5) is 12.0. The van der Waals surface area contributed by atoms with E-state index < -0.39 is 15.6 Å². The molecule has 2 aromatic rings. The van der Waals surface area contributed by atoms with Crippen LogP contribution < -0.4 is 15.6 Å². The molecule has 21 heavy (non-hydrogen) atoms. The Hall–Kier alpha value is -1.71. The fraction of sp³-hybridized carbons (Fsp3) is 0.333. The third-order valence-electron chi connectivity index (χ3n) is 2.58. The Labute approximate surface area is 126 Å². The van der Waals surface area contributed by atoms with E-state index in [0.717, 1.165) is 17.8 Å². The zero-order chi connectivity index (χ0) is 15.3. The van der Waals surface area contributed by atoms with E-state index >= 15 is 0 Å². The van der Waals surface area contributed by atoms with Gasteiger partial charge in [0.2, 0.25) is 0 Å². The zero-order valence-electron chi connectivity index (χ0n) is 11.4. The van der Waals surface area contributed by atoms with E-state index in [1.54, 1.807) is 11.4 Å². The molecule has 0 unspecified atom stereocenters. The van der Waals surface area contributed by atoms with Gasteiger partial charge in [-0.1, -0.05) is 6.92 Å². The second-order valence-electron chi connectivity index (χ2n) is 4.34. The molecule has 0 bridgehead atoms. The van der Waals surface area contributed by atoms with Crippen LogP contribution in [0.1, 0.15) is 18.2 Å². The normalized spacial score (nSPS) is 11.5. The van der Waals surface area contributed by atoms with E-state index in [1.807, 2.05) is 0 Å². The smallest absolute Gasteiger partial charge is 0.264 e. The topological polar surface area (TPSA) is 104 Å². The lowest BCUT2D eigenvalue weighted by atomic mass is 10.4. The van der Waals surface area contributed by atoms with Crippen LogP contribution in [0.3, 0.4) is 0 Å². The first kappa shape index (κ1) is 15.7. The molecule has 0 atom stereocenters. The molecule has 9 heteroatoms. The molecule has 2 aromatic heterocycles. The molecule has 0 saturated carbocycles. The quantitative estimate of drug-likeness (QED) is 0.661. The lowest BCUT2D eigenvalue weighted by molar-refractivity contribution is 0.601. The van der Waals surface area contributed by atoms with Crippen LogP contribution in [0.25, 0.3) is 0 Å². The Bertz CT molecular complexity index is 731. The highest BCUT2D eigenvalue weighted by atomic mass is 32.2. The summed E-state index contributed by atoms with van der Waals surface area (Å²) in [5.41, 5.74) is -0.391. The number of H-pyrrole nitrogens is 1. The molecule has 0 aliphatic carbocycles. The van der Waals surface area contributed by atoms with Gasteiger partial charge >= 0.3 is 0 Å². The van der Waals surface area contributed by atoms with Gasteiger partial charge in [-0.05, 0) is 25.1 Å². The van der Waals surface area contributed by atoms with Crippen molar-refractivity contribution < 1.29 is 8.42 Å². The first-order valence-corrected chi connectivity index (χ1v) is 8.74. The maximum atomic E-state index is 12.2. The van der Waals surface area contributed by atoms with Crippen LogP contribution in [-0.4, -0.2) is 25.2 Å². The van der Waals surface area contributed by atoms with Crippen LogP contribution in [0.5, 0.6) is 0 Å². The Kier molecular flexibility index (Phi) is 5.10. The molecule has 0 amide bonds. The second-order valence-corrected chi connectivity index (χ2v) is 7.02. The molecule has 0 fully saturated rings. The third kappa shape index (κ3) is 4.38. The molecule has 2 rings (SSSR count). The van der Waals surface area contributed by atoms with Gasteiger partial charge in [0.05, 0.1) is 4.90 Å². The number of aromatic nitrogens is 2. The third-order valence-corrected chi connectivity index (χ3v) is 5.00. The van der Waals surface area contributed by atoms with Crippen LogP contribution >= 0.6 is 11.3 Å². The van der Waals surface area contributed by atoms with Crippen molar-refractivity contribution in [2.75, 3.05) is 11.3 Å². The summed E-state index contributed by atoms with van der Waals surface area (Å²) in [5, 5.41) is 10.6. The van der Waals surface area contributed by atoms with E-state index in [-0.39, 0.29) is 10.7 Å². The van der Waals surface area contributed by atoms with Gasteiger partial charge < -0.3 is 5.32 Å². The molecule has 3 N–H and O–H groups in total. The maximum Gasteiger partial charge on any atom is 0.264 e. The standard InChI is InChI=1S/C12H16N4O3S2/c1-2-5-13-7-9-6-10(8-20-9)21(18,19)16-11-3-4-12(17)15-14-11/h3-4,6,8,13H,2,5,7H2,1H3,(H,14,16)(H,15,17). The first-order valence-electron chi connectivity index (χ1n) is 6.38. The first-order chi connectivity index (χ1) is 10.0. The predicted octanol–water partition coefficient (Wildman–Crippen LogP) is 1.13. The van der Waals surface area contributed by atoms with E-state index in [1.165, 1.54) is 23.5 Å². The summed E-state index contributed by atoms with van der Waals surface area (Å²) >= 11 is 1.38. The molecular formula is C12H16N4O3S2. The zero-order valence-corrected chi connectivity index (χ0v) is 13.1. The summed E-state index contributed by atoms with van der Waals surface area (Å²) in [6, 6.07) is 4.15.